The van der Waals surface area contributed by atoms with Gasteiger partial charge in [0.05, 0.1) is 5.69 Å². The van der Waals surface area contributed by atoms with Crippen LogP contribution in [0.3, 0.4) is 0 Å². The first-order valence-electron chi connectivity index (χ1n) is 12.9. The zero-order valence-corrected chi connectivity index (χ0v) is 22.9. The molecule has 38 heavy (non-hydrogen) atoms. The molecule has 3 N–H and O–H groups in total. The van der Waals surface area contributed by atoms with Crippen molar-refractivity contribution in [2.75, 3.05) is 12.3 Å². The van der Waals surface area contributed by atoms with Gasteiger partial charge in [-0.2, -0.15) is 0 Å². The van der Waals surface area contributed by atoms with E-state index in [0.717, 1.165) is 5.56 Å². The Morgan fingerprint density at radius 2 is 1.68 bits per heavy atom. The zero-order chi connectivity index (χ0) is 28.0. The molecule has 0 saturated carbocycles. The average Bonchev–Trinajstić information content (AvgIpc) is 2.83. The fraction of sp³-hybridized carbons (Fsp3) is 0.355. The third kappa shape index (κ3) is 7.65. The standard InChI is InChI=1S/C31H38FN3O3/c1-20(2)19-27(30(37)38-31(4,5)6)34-18-17-22-7-13-25(14-8-22)35-28(36)16-15-26(29(35)33)21(3)23-9-11-24(32)12-10-23/h7-16,20,27,34H,3,17-19,33H2,1-2,4-6H3/t27-/m0/s1. The van der Waals surface area contributed by atoms with Crippen LogP contribution in [-0.2, 0) is 16.0 Å². The number of nitrogens with one attached hydrogen (secondary N) is 1. The third-order valence-electron chi connectivity index (χ3n) is 6.04. The molecular weight excluding hydrogens is 481 g/mol. The minimum atomic E-state index is -0.535. The molecule has 7 heteroatoms. The molecule has 0 saturated heterocycles. The Kier molecular flexibility index (Phi) is 9.28. The molecule has 202 valence electrons. The van der Waals surface area contributed by atoms with E-state index >= 15 is 0 Å². The van der Waals surface area contributed by atoms with Crippen LogP contribution in [0.4, 0.5) is 10.2 Å². The van der Waals surface area contributed by atoms with Gasteiger partial charge in [0.25, 0.3) is 5.56 Å². The van der Waals surface area contributed by atoms with E-state index in [4.69, 9.17) is 10.5 Å². The number of nitrogens with zero attached hydrogens (tertiary/aromatic N) is 1. The highest BCUT2D eigenvalue weighted by molar-refractivity contribution is 5.83. The van der Waals surface area contributed by atoms with Crippen molar-refractivity contribution in [3.05, 3.63) is 100 Å². The molecule has 2 aromatic carbocycles. The van der Waals surface area contributed by atoms with Crippen LogP contribution in [0.5, 0.6) is 0 Å². The van der Waals surface area contributed by atoms with E-state index in [1.165, 1.54) is 22.8 Å². The summed E-state index contributed by atoms with van der Waals surface area (Å²) in [5.41, 5.74) is 9.21. The Morgan fingerprint density at radius 3 is 2.26 bits per heavy atom. The molecule has 0 aliphatic heterocycles. The molecular formula is C31H38FN3O3. The molecule has 0 unspecified atom stereocenters. The van der Waals surface area contributed by atoms with Crippen LogP contribution in [-0.4, -0.2) is 28.7 Å². The fourth-order valence-corrected chi connectivity index (χ4v) is 4.19. The second-order valence-electron chi connectivity index (χ2n) is 10.9. The lowest BCUT2D eigenvalue weighted by molar-refractivity contribution is -0.157. The summed E-state index contributed by atoms with van der Waals surface area (Å²) in [5, 5.41) is 3.34. The van der Waals surface area contributed by atoms with Crippen LogP contribution in [0.15, 0.2) is 72.0 Å². The highest BCUT2D eigenvalue weighted by Gasteiger charge is 2.25. The minimum Gasteiger partial charge on any atom is -0.459 e. The molecule has 0 radical (unpaired) electrons. The maximum atomic E-state index is 13.3. The summed E-state index contributed by atoms with van der Waals surface area (Å²) in [5.74, 6) is 0.0293. The number of nitrogen functional groups attached to an aromatic ring is 1. The molecule has 0 fully saturated rings. The summed E-state index contributed by atoms with van der Waals surface area (Å²) in [4.78, 5) is 25.4. The van der Waals surface area contributed by atoms with E-state index < -0.39 is 5.60 Å². The second-order valence-corrected chi connectivity index (χ2v) is 10.9. The monoisotopic (exact) mass is 519 g/mol. The number of anilines is 1. The van der Waals surface area contributed by atoms with Gasteiger partial charge in [0.1, 0.15) is 23.3 Å². The number of ether oxygens (including phenoxy) is 1. The lowest BCUT2D eigenvalue weighted by Gasteiger charge is -2.25. The Morgan fingerprint density at radius 1 is 1.05 bits per heavy atom. The first-order valence-corrected chi connectivity index (χ1v) is 12.9. The normalized spacial score (nSPS) is 12.4. The Balaban J connectivity index is 1.73. The Hall–Kier alpha value is -3.71. The summed E-state index contributed by atoms with van der Waals surface area (Å²) in [6.07, 6.45) is 1.39. The molecule has 0 bridgehead atoms. The predicted molar refractivity (Wildman–Crippen MR) is 152 cm³/mol. The largest absolute Gasteiger partial charge is 0.459 e. The average molecular weight is 520 g/mol. The maximum absolute atomic E-state index is 13.3. The summed E-state index contributed by atoms with van der Waals surface area (Å²) in [7, 11) is 0. The van der Waals surface area contributed by atoms with Crippen molar-refractivity contribution < 1.29 is 13.9 Å². The number of esters is 1. The number of carbonyl (C=O) groups excluding carboxylic acids is 1. The van der Waals surface area contributed by atoms with Crippen molar-refractivity contribution in [3.8, 4) is 5.69 Å². The fourth-order valence-electron chi connectivity index (χ4n) is 4.19. The van der Waals surface area contributed by atoms with Crippen molar-refractivity contribution in [2.24, 2.45) is 5.92 Å². The van der Waals surface area contributed by atoms with E-state index in [9.17, 15) is 14.0 Å². The van der Waals surface area contributed by atoms with Crippen LogP contribution in [0.25, 0.3) is 11.3 Å². The van der Waals surface area contributed by atoms with Gasteiger partial charge >= 0.3 is 5.97 Å². The van der Waals surface area contributed by atoms with E-state index in [0.29, 0.717) is 47.7 Å². The van der Waals surface area contributed by atoms with Gasteiger partial charge < -0.3 is 15.8 Å². The van der Waals surface area contributed by atoms with Crippen LogP contribution in [0.2, 0.25) is 0 Å². The van der Waals surface area contributed by atoms with Crippen molar-refractivity contribution in [2.45, 2.75) is 59.1 Å². The summed E-state index contributed by atoms with van der Waals surface area (Å²) in [6.45, 7) is 14.5. The minimum absolute atomic E-state index is 0.237. The van der Waals surface area contributed by atoms with Gasteiger partial charge in [-0.15, -0.1) is 0 Å². The van der Waals surface area contributed by atoms with Gasteiger partial charge in [-0.1, -0.05) is 44.7 Å². The number of aromatic nitrogens is 1. The van der Waals surface area contributed by atoms with Gasteiger partial charge in [-0.25, -0.2) is 4.39 Å². The molecule has 3 aromatic rings. The molecule has 3 rings (SSSR count). The van der Waals surface area contributed by atoms with Crippen LogP contribution in [0.1, 0.15) is 57.7 Å². The number of rotatable bonds is 10. The summed E-state index contributed by atoms with van der Waals surface area (Å²) >= 11 is 0. The van der Waals surface area contributed by atoms with Crippen molar-refractivity contribution in [3.63, 3.8) is 0 Å². The van der Waals surface area contributed by atoms with Gasteiger partial charge in [-0.3, -0.25) is 14.2 Å². The number of nitrogens with two attached hydrogens (primary N) is 1. The Bertz CT molecular complexity index is 1320. The third-order valence-corrected chi connectivity index (χ3v) is 6.04. The van der Waals surface area contributed by atoms with Gasteiger partial charge in [0.2, 0.25) is 0 Å². The highest BCUT2D eigenvalue weighted by Crippen LogP contribution is 2.27. The molecule has 0 aliphatic rings. The smallest absolute Gasteiger partial charge is 0.323 e. The molecule has 0 aliphatic carbocycles. The SMILES string of the molecule is C=C(c1ccc(F)cc1)c1ccc(=O)n(-c2ccc(CCN[C@@H](CC(C)C)C(=O)OC(C)(C)C)cc2)c1N. The van der Waals surface area contributed by atoms with Crippen molar-refractivity contribution in [1.29, 1.82) is 0 Å². The number of benzene rings is 2. The van der Waals surface area contributed by atoms with Gasteiger partial charge in [0.15, 0.2) is 0 Å². The lowest BCUT2D eigenvalue weighted by Crippen LogP contribution is -2.42. The predicted octanol–water partition coefficient (Wildman–Crippen LogP) is 5.51. The maximum Gasteiger partial charge on any atom is 0.323 e. The Labute approximate surface area is 224 Å². The lowest BCUT2D eigenvalue weighted by atomic mass is 10.00. The molecule has 6 nitrogen and oxygen atoms in total. The number of hydrogen-bond acceptors (Lipinski definition) is 5. The number of hydrogen-bond donors (Lipinski definition) is 2. The zero-order valence-electron chi connectivity index (χ0n) is 22.9. The molecule has 0 amide bonds. The highest BCUT2D eigenvalue weighted by atomic mass is 19.1. The van der Waals surface area contributed by atoms with Crippen molar-refractivity contribution >= 4 is 17.4 Å². The quantitative estimate of drug-likeness (QED) is 0.345. The topological polar surface area (TPSA) is 86.3 Å². The molecule has 1 heterocycles. The van der Waals surface area contributed by atoms with E-state index in [1.807, 2.05) is 45.0 Å². The van der Waals surface area contributed by atoms with Crippen LogP contribution < -0.4 is 16.6 Å². The molecule has 1 atom stereocenters. The number of pyridine rings is 1. The first-order chi connectivity index (χ1) is 17.9. The van der Waals surface area contributed by atoms with Crippen LogP contribution in [0, 0.1) is 11.7 Å². The molecule has 1 aromatic heterocycles. The summed E-state index contributed by atoms with van der Waals surface area (Å²) < 4.78 is 20.4. The summed E-state index contributed by atoms with van der Waals surface area (Å²) in [6, 6.07) is 16.3. The van der Waals surface area contributed by atoms with Crippen LogP contribution >= 0.6 is 0 Å². The van der Waals surface area contributed by atoms with Crippen molar-refractivity contribution in [1.82, 2.24) is 9.88 Å². The van der Waals surface area contributed by atoms with E-state index in [2.05, 4.69) is 25.7 Å². The van der Waals surface area contributed by atoms with E-state index in [1.54, 1.807) is 18.2 Å². The molecule has 0 spiro atoms. The number of halogens is 1. The van der Waals surface area contributed by atoms with Gasteiger partial charge in [-0.05, 0) is 93.1 Å². The number of carbonyl (C=O) groups is 1. The van der Waals surface area contributed by atoms with E-state index in [-0.39, 0.29) is 29.2 Å². The second kappa shape index (κ2) is 12.2. The first kappa shape index (κ1) is 28.9. The van der Waals surface area contributed by atoms with Gasteiger partial charge in [0, 0.05) is 11.6 Å².